The zero-order chi connectivity index (χ0) is 29.0. The van der Waals surface area contributed by atoms with E-state index >= 15 is 0 Å². The second-order valence-corrected chi connectivity index (χ2v) is 11.4. The number of nitrogens with two attached hydrogens (primary N) is 1. The first-order chi connectivity index (χ1) is 19.1. The van der Waals surface area contributed by atoms with Crippen molar-refractivity contribution in [1.82, 2.24) is 30.4 Å². The van der Waals surface area contributed by atoms with Crippen LogP contribution in [0.15, 0.2) is 46.8 Å². The third kappa shape index (κ3) is 6.29. The van der Waals surface area contributed by atoms with E-state index in [1.807, 2.05) is 0 Å². The molecule has 1 fully saturated rings. The first-order valence-electron chi connectivity index (χ1n) is 12.2. The summed E-state index contributed by atoms with van der Waals surface area (Å²) in [4.78, 5) is 52.4. The third-order valence-corrected chi connectivity index (χ3v) is 8.68. The molecular weight excluding hydrogens is 562 g/mol. The number of fused-ring (bicyclic) bond motifs is 1. The largest absolute Gasteiger partial charge is 0.427 e. The molecule has 0 spiro atoms. The van der Waals surface area contributed by atoms with Gasteiger partial charge >= 0.3 is 11.9 Å². The number of carbonyl (C=O) groups is 4. The molecule has 2 aliphatic rings. The molecule has 0 saturated carbocycles. The molecule has 14 nitrogen and oxygen atoms in total. The van der Waals surface area contributed by atoms with Gasteiger partial charge in [-0.05, 0) is 27.5 Å². The average molecular weight is 592 g/mol. The van der Waals surface area contributed by atoms with Gasteiger partial charge in [-0.1, -0.05) is 55.9 Å². The van der Waals surface area contributed by atoms with Gasteiger partial charge in [0.05, 0.1) is 0 Å². The zero-order valence-corrected chi connectivity index (χ0v) is 23.6. The molecule has 1 aromatic heterocycles. The van der Waals surface area contributed by atoms with Crippen molar-refractivity contribution in [1.29, 1.82) is 0 Å². The molecule has 1 saturated heterocycles. The molecule has 3 heterocycles. The van der Waals surface area contributed by atoms with Crippen LogP contribution >= 0.6 is 23.5 Å². The summed E-state index contributed by atoms with van der Waals surface area (Å²) in [5, 5.41) is 24.2. The zero-order valence-electron chi connectivity index (χ0n) is 21.9. The number of rotatable bonds is 11. The lowest BCUT2D eigenvalue weighted by atomic mass is 10.0. The van der Waals surface area contributed by atoms with Crippen molar-refractivity contribution in [2.45, 2.75) is 42.6 Å². The maximum absolute atomic E-state index is 13.2. The van der Waals surface area contributed by atoms with Crippen LogP contribution in [0.4, 0.5) is 0 Å². The third-order valence-electron chi connectivity index (χ3n) is 6.24. The van der Waals surface area contributed by atoms with Gasteiger partial charge in [0, 0.05) is 18.6 Å². The highest BCUT2D eigenvalue weighted by molar-refractivity contribution is 8.01. The van der Waals surface area contributed by atoms with Gasteiger partial charge in [0.25, 0.3) is 11.8 Å². The Bertz CT molecular complexity index is 1300. The number of aryl methyl sites for hydroxylation is 1. The number of carbonyl (C=O) groups excluding carboxylic acids is 4. The Labute approximate surface area is 238 Å². The molecule has 4 N–H and O–H groups in total. The Morgan fingerprint density at radius 2 is 1.98 bits per heavy atom. The lowest BCUT2D eigenvalue weighted by Crippen LogP contribution is -2.71. The fraction of sp³-hybridized carbons (Fsp3) is 0.458. The maximum Gasteiger partial charge on any atom is 0.357 e. The van der Waals surface area contributed by atoms with E-state index in [-0.39, 0.29) is 17.4 Å². The maximum atomic E-state index is 13.2. The normalized spacial score (nSPS) is 19.9. The standard InChI is InChI=1S/C24H29N7O7S2/c1-12(2)15(25)22(35)37-11-38-23(36)17-14(10-40-24-27-28-29-30(24)3)9-39-21-16(20(34)31(17)21)26-19(33)18(32)13-7-5-4-6-8-13/h4-8,12,15-16,18,21,32H,9-11,25H2,1-3H3,(H,26,33)/t15-,16+,18+,21+/m0/s1. The summed E-state index contributed by atoms with van der Waals surface area (Å²) >= 11 is 2.61. The summed E-state index contributed by atoms with van der Waals surface area (Å²) in [5.41, 5.74) is 6.72. The summed E-state index contributed by atoms with van der Waals surface area (Å²) in [5.74, 6) is -2.44. The lowest BCUT2D eigenvalue weighted by molar-refractivity contribution is -0.169. The number of amides is 2. The van der Waals surface area contributed by atoms with Gasteiger partial charge < -0.3 is 25.6 Å². The van der Waals surface area contributed by atoms with E-state index < -0.39 is 54.1 Å². The summed E-state index contributed by atoms with van der Waals surface area (Å²) in [6, 6.07) is 6.48. The number of benzene rings is 1. The molecule has 1 aromatic carbocycles. The van der Waals surface area contributed by atoms with Crippen molar-refractivity contribution >= 4 is 47.3 Å². The number of hydrogen-bond donors (Lipinski definition) is 3. The van der Waals surface area contributed by atoms with E-state index in [4.69, 9.17) is 15.2 Å². The summed E-state index contributed by atoms with van der Waals surface area (Å²) in [7, 11) is 1.67. The number of tetrazole rings is 1. The summed E-state index contributed by atoms with van der Waals surface area (Å²) in [6.45, 7) is 2.82. The van der Waals surface area contributed by atoms with E-state index in [1.165, 1.54) is 33.1 Å². The van der Waals surface area contributed by atoms with Gasteiger partial charge in [0.15, 0.2) is 6.10 Å². The van der Waals surface area contributed by atoms with Crippen LogP contribution in [0.3, 0.4) is 0 Å². The molecule has 16 heteroatoms. The van der Waals surface area contributed by atoms with Crippen LogP contribution in [0.5, 0.6) is 0 Å². The topological polar surface area (TPSA) is 192 Å². The van der Waals surface area contributed by atoms with Crippen LogP contribution in [0.2, 0.25) is 0 Å². The van der Waals surface area contributed by atoms with Gasteiger partial charge in [0.2, 0.25) is 11.9 Å². The van der Waals surface area contributed by atoms with Gasteiger partial charge in [0.1, 0.15) is 23.2 Å². The highest BCUT2D eigenvalue weighted by atomic mass is 32.2. The number of ether oxygens (including phenoxy) is 2. The van der Waals surface area contributed by atoms with Crippen molar-refractivity contribution in [3.8, 4) is 0 Å². The highest BCUT2D eigenvalue weighted by Crippen LogP contribution is 2.42. The smallest absolute Gasteiger partial charge is 0.357 e. The molecule has 4 rings (SSSR count). The van der Waals surface area contributed by atoms with Gasteiger partial charge in [-0.2, -0.15) is 0 Å². The van der Waals surface area contributed by atoms with E-state index in [0.717, 1.165) is 0 Å². The fourth-order valence-electron chi connectivity index (χ4n) is 3.87. The number of nitrogens with zero attached hydrogens (tertiary/aromatic N) is 5. The number of thioether (sulfide) groups is 2. The molecule has 0 aliphatic carbocycles. The molecular formula is C24H29N7O7S2. The second kappa shape index (κ2) is 12.8. The number of esters is 2. The first-order valence-corrected chi connectivity index (χ1v) is 14.3. The van der Waals surface area contributed by atoms with Crippen molar-refractivity contribution in [2.75, 3.05) is 18.3 Å². The summed E-state index contributed by atoms with van der Waals surface area (Å²) < 4.78 is 11.7. The number of aliphatic hydroxyl groups is 1. The fourth-order valence-corrected chi connectivity index (χ4v) is 6.21. The van der Waals surface area contributed by atoms with Crippen LogP contribution in [0.1, 0.15) is 25.5 Å². The van der Waals surface area contributed by atoms with Crippen molar-refractivity contribution in [2.24, 2.45) is 18.7 Å². The van der Waals surface area contributed by atoms with Gasteiger partial charge in [-0.3, -0.25) is 19.3 Å². The molecule has 2 aliphatic heterocycles. The van der Waals surface area contributed by atoms with E-state index in [0.29, 0.717) is 22.0 Å². The molecule has 0 bridgehead atoms. The second-order valence-electron chi connectivity index (χ2n) is 9.32. The number of aliphatic hydroxyl groups excluding tert-OH is 1. The minimum atomic E-state index is -1.46. The number of hydrogen-bond acceptors (Lipinski definition) is 13. The van der Waals surface area contributed by atoms with Crippen molar-refractivity contribution < 1.29 is 33.8 Å². The molecule has 0 radical (unpaired) electrons. The Morgan fingerprint density at radius 1 is 1.25 bits per heavy atom. The van der Waals surface area contributed by atoms with Crippen LogP contribution in [-0.2, 0) is 35.7 Å². The van der Waals surface area contributed by atoms with Crippen LogP contribution in [-0.4, -0.2) is 89.7 Å². The predicted molar refractivity (Wildman–Crippen MR) is 143 cm³/mol. The molecule has 2 amide bonds. The van der Waals surface area contributed by atoms with Gasteiger partial charge in [-0.15, -0.1) is 16.9 Å². The van der Waals surface area contributed by atoms with Crippen molar-refractivity contribution in [3.63, 3.8) is 0 Å². The quantitative estimate of drug-likeness (QED) is 0.134. The Morgan fingerprint density at radius 3 is 2.62 bits per heavy atom. The summed E-state index contributed by atoms with van der Waals surface area (Å²) in [6.07, 6.45) is -1.46. The molecule has 214 valence electrons. The van der Waals surface area contributed by atoms with Gasteiger partial charge in [-0.25, -0.2) is 9.48 Å². The van der Waals surface area contributed by atoms with E-state index in [9.17, 15) is 24.3 Å². The van der Waals surface area contributed by atoms with Crippen LogP contribution in [0.25, 0.3) is 0 Å². The van der Waals surface area contributed by atoms with E-state index in [2.05, 4.69) is 20.8 Å². The number of β-lactam (4-membered cyclic amide) rings is 1. The first kappa shape index (κ1) is 29.5. The molecule has 4 atom stereocenters. The predicted octanol–water partition coefficient (Wildman–Crippen LogP) is -0.283. The monoisotopic (exact) mass is 591 g/mol. The Balaban J connectivity index is 1.48. The highest BCUT2D eigenvalue weighted by Gasteiger charge is 2.54. The van der Waals surface area contributed by atoms with Crippen LogP contribution in [0, 0.1) is 5.92 Å². The Kier molecular flexibility index (Phi) is 9.44. The minimum absolute atomic E-state index is 0.00492. The van der Waals surface area contributed by atoms with Crippen molar-refractivity contribution in [3.05, 3.63) is 47.2 Å². The molecule has 2 aromatic rings. The van der Waals surface area contributed by atoms with E-state index in [1.54, 1.807) is 51.2 Å². The van der Waals surface area contributed by atoms with Crippen LogP contribution < -0.4 is 11.1 Å². The molecule has 0 unspecified atom stereocenters. The minimum Gasteiger partial charge on any atom is -0.427 e. The number of aromatic nitrogens is 4. The number of nitrogens with one attached hydrogen (secondary N) is 1. The molecule has 40 heavy (non-hydrogen) atoms. The SMILES string of the molecule is CC(C)[C@H](N)C(=O)OCOC(=O)C1=C(CSc2nnnn2C)CS[C@@H]2[C@H](NC(=O)[C@H](O)c3ccccc3)C(=O)N12. The Hall–Kier alpha value is -3.47. The lowest BCUT2D eigenvalue weighted by Gasteiger charge is -2.49. The average Bonchev–Trinajstić information content (AvgIpc) is 3.37.